The number of nitrogens with zero attached hydrogens (tertiary/aromatic N) is 2. The number of sulfonamides is 1. The number of ether oxygens (including phenoxy) is 2. The first kappa shape index (κ1) is 19.6. The molecule has 1 aliphatic heterocycles. The maximum atomic E-state index is 14.3. The van der Waals surface area contributed by atoms with Crippen LogP contribution >= 0.6 is 0 Å². The lowest BCUT2D eigenvalue weighted by Crippen LogP contribution is -2.49. The van der Waals surface area contributed by atoms with Crippen LogP contribution in [0.3, 0.4) is 0 Å². The second kappa shape index (κ2) is 7.84. The fraction of sp³-hybridized carbons (Fsp3) is 0.368. The van der Waals surface area contributed by atoms with Crippen LogP contribution in [0, 0.1) is 5.82 Å². The number of hydrogen-bond donors (Lipinski definition) is 0. The van der Waals surface area contributed by atoms with Gasteiger partial charge in [0.15, 0.2) is 0 Å². The van der Waals surface area contributed by atoms with E-state index in [1.165, 1.54) is 36.7 Å². The van der Waals surface area contributed by atoms with Crippen molar-refractivity contribution in [2.24, 2.45) is 0 Å². The lowest BCUT2D eigenvalue weighted by Gasteiger charge is -2.39. The van der Waals surface area contributed by atoms with Gasteiger partial charge in [0, 0.05) is 31.3 Å². The SMILES string of the molecule is COc1ccc(S(=O)(=O)N2CCN(C)C(c3ccccc3F)C2)c(OC)c1. The zero-order valence-electron chi connectivity index (χ0n) is 15.6. The van der Waals surface area contributed by atoms with E-state index >= 15 is 0 Å². The zero-order valence-corrected chi connectivity index (χ0v) is 16.4. The van der Waals surface area contributed by atoms with Gasteiger partial charge in [0.1, 0.15) is 22.2 Å². The van der Waals surface area contributed by atoms with E-state index in [2.05, 4.69) is 0 Å². The summed E-state index contributed by atoms with van der Waals surface area (Å²) in [6, 6.07) is 10.7. The Hall–Kier alpha value is -2.16. The van der Waals surface area contributed by atoms with Gasteiger partial charge in [0.05, 0.1) is 20.3 Å². The standard InChI is InChI=1S/C19H23FN2O4S/c1-21-10-11-22(13-17(21)15-6-4-5-7-16(15)20)27(23,24)19-9-8-14(25-2)12-18(19)26-3/h4-9,12,17H,10-11,13H2,1-3H3. The van der Waals surface area contributed by atoms with Gasteiger partial charge in [-0.05, 0) is 25.2 Å². The molecule has 8 heteroatoms. The van der Waals surface area contributed by atoms with Crippen molar-refractivity contribution in [3.63, 3.8) is 0 Å². The van der Waals surface area contributed by atoms with Crippen LogP contribution in [-0.2, 0) is 10.0 Å². The van der Waals surface area contributed by atoms with Gasteiger partial charge in [-0.3, -0.25) is 4.90 Å². The van der Waals surface area contributed by atoms with Gasteiger partial charge in [0.25, 0.3) is 0 Å². The summed E-state index contributed by atoms with van der Waals surface area (Å²) in [6.07, 6.45) is 0. The number of rotatable bonds is 5. The van der Waals surface area contributed by atoms with Crippen LogP contribution in [-0.4, -0.2) is 58.5 Å². The fourth-order valence-corrected chi connectivity index (χ4v) is 4.85. The molecule has 1 heterocycles. The molecule has 27 heavy (non-hydrogen) atoms. The predicted octanol–water partition coefficient (Wildman–Crippen LogP) is 2.52. The quantitative estimate of drug-likeness (QED) is 0.780. The number of methoxy groups -OCH3 is 2. The fourth-order valence-electron chi connectivity index (χ4n) is 3.28. The van der Waals surface area contributed by atoms with Gasteiger partial charge < -0.3 is 9.47 Å². The molecule has 0 bridgehead atoms. The Morgan fingerprint density at radius 2 is 1.81 bits per heavy atom. The molecule has 0 aromatic heterocycles. The minimum Gasteiger partial charge on any atom is -0.497 e. The van der Waals surface area contributed by atoms with E-state index in [1.54, 1.807) is 24.3 Å². The maximum absolute atomic E-state index is 14.3. The lowest BCUT2D eigenvalue weighted by molar-refractivity contribution is 0.145. The zero-order chi connectivity index (χ0) is 19.6. The molecular formula is C19H23FN2O4S. The van der Waals surface area contributed by atoms with E-state index < -0.39 is 10.0 Å². The van der Waals surface area contributed by atoms with Gasteiger partial charge in [0.2, 0.25) is 10.0 Å². The highest BCUT2D eigenvalue weighted by Gasteiger charge is 2.35. The third-order valence-electron chi connectivity index (χ3n) is 4.86. The van der Waals surface area contributed by atoms with E-state index in [4.69, 9.17) is 9.47 Å². The second-order valence-corrected chi connectivity index (χ2v) is 8.30. The van der Waals surface area contributed by atoms with Crippen LogP contribution in [0.2, 0.25) is 0 Å². The summed E-state index contributed by atoms with van der Waals surface area (Å²) < 4.78 is 52.5. The predicted molar refractivity (Wildman–Crippen MR) is 100 cm³/mol. The van der Waals surface area contributed by atoms with Gasteiger partial charge >= 0.3 is 0 Å². The molecule has 6 nitrogen and oxygen atoms in total. The van der Waals surface area contributed by atoms with Crippen molar-refractivity contribution in [1.82, 2.24) is 9.21 Å². The molecule has 1 fully saturated rings. The number of hydrogen-bond acceptors (Lipinski definition) is 5. The summed E-state index contributed by atoms with van der Waals surface area (Å²) >= 11 is 0. The van der Waals surface area contributed by atoms with Crippen LogP contribution < -0.4 is 9.47 Å². The van der Waals surface area contributed by atoms with Crippen LogP contribution in [0.15, 0.2) is 47.4 Å². The third kappa shape index (κ3) is 3.78. The summed E-state index contributed by atoms with van der Waals surface area (Å²) in [4.78, 5) is 2.04. The van der Waals surface area contributed by atoms with Crippen molar-refractivity contribution >= 4 is 10.0 Å². The summed E-state index contributed by atoms with van der Waals surface area (Å²) in [6.45, 7) is 0.977. The average Bonchev–Trinajstić information content (AvgIpc) is 2.68. The molecule has 0 saturated carbocycles. The minimum absolute atomic E-state index is 0.0719. The first-order chi connectivity index (χ1) is 12.9. The molecule has 0 spiro atoms. The van der Waals surface area contributed by atoms with Crippen LogP contribution in [0.5, 0.6) is 11.5 Å². The Kier molecular flexibility index (Phi) is 5.69. The first-order valence-corrected chi connectivity index (χ1v) is 9.99. The van der Waals surface area contributed by atoms with E-state index in [1.807, 2.05) is 11.9 Å². The Morgan fingerprint density at radius 3 is 2.48 bits per heavy atom. The molecule has 0 N–H and O–H groups in total. The largest absolute Gasteiger partial charge is 0.497 e. The molecule has 3 rings (SSSR count). The van der Waals surface area contributed by atoms with Crippen molar-refractivity contribution in [2.45, 2.75) is 10.9 Å². The molecule has 146 valence electrons. The van der Waals surface area contributed by atoms with E-state index in [0.717, 1.165) is 0 Å². The minimum atomic E-state index is -3.80. The van der Waals surface area contributed by atoms with Crippen LogP contribution in [0.1, 0.15) is 11.6 Å². The average molecular weight is 394 g/mol. The van der Waals surface area contributed by atoms with Gasteiger partial charge in [-0.2, -0.15) is 4.31 Å². The Balaban J connectivity index is 1.95. The van der Waals surface area contributed by atoms with Crippen molar-refractivity contribution in [3.05, 3.63) is 53.8 Å². The van der Waals surface area contributed by atoms with E-state index in [9.17, 15) is 12.8 Å². The Labute approximate surface area is 159 Å². The van der Waals surface area contributed by atoms with Crippen LogP contribution in [0.25, 0.3) is 0 Å². The highest BCUT2D eigenvalue weighted by Crippen LogP contribution is 2.34. The molecule has 0 amide bonds. The monoisotopic (exact) mass is 394 g/mol. The van der Waals surface area contributed by atoms with Gasteiger partial charge in [-0.1, -0.05) is 18.2 Å². The Bertz CT molecular complexity index is 920. The number of benzene rings is 2. The molecule has 1 atom stereocenters. The molecule has 0 radical (unpaired) electrons. The summed E-state index contributed by atoms with van der Waals surface area (Å²) in [5, 5.41) is 0. The van der Waals surface area contributed by atoms with Gasteiger partial charge in [-0.15, -0.1) is 0 Å². The second-order valence-electron chi connectivity index (χ2n) is 6.40. The van der Waals surface area contributed by atoms with Crippen molar-refractivity contribution in [1.29, 1.82) is 0 Å². The van der Waals surface area contributed by atoms with Crippen LogP contribution in [0.4, 0.5) is 4.39 Å². The molecule has 2 aromatic rings. The summed E-state index contributed by atoms with van der Waals surface area (Å²) in [5.74, 6) is 0.389. The number of piperazine rings is 1. The van der Waals surface area contributed by atoms with E-state index in [0.29, 0.717) is 24.4 Å². The topological polar surface area (TPSA) is 59.1 Å². The van der Waals surface area contributed by atoms with Gasteiger partial charge in [-0.25, -0.2) is 12.8 Å². The Morgan fingerprint density at radius 1 is 1.07 bits per heavy atom. The highest BCUT2D eigenvalue weighted by atomic mass is 32.2. The summed E-state index contributed by atoms with van der Waals surface area (Å²) in [5.41, 5.74) is 0.488. The normalized spacial score (nSPS) is 19.0. The molecule has 2 aromatic carbocycles. The smallest absolute Gasteiger partial charge is 0.246 e. The molecule has 0 aliphatic carbocycles. The summed E-state index contributed by atoms with van der Waals surface area (Å²) in [7, 11) is 0.986. The van der Waals surface area contributed by atoms with Crippen molar-refractivity contribution in [3.8, 4) is 11.5 Å². The number of likely N-dealkylation sites (N-methyl/N-ethyl adjacent to an activating group) is 1. The molecule has 1 unspecified atom stereocenters. The molecule has 1 saturated heterocycles. The highest BCUT2D eigenvalue weighted by molar-refractivity contribution is 7.89. The van der Waals surface area contributed by atoms with Crippen molar-refractivity contribution < 1.29 is 22.3 Å². The molecular weight excluding hydrogens is 371 g/mol. The number of halogens is 1. The maximum Gasteiger partial charge on any atom is 0.246 e. The van der Waals surface area contributed by atoms with Crippen molar-refractivity contribution in [2.75, 3.05) is 40.9 Å². The first-order valence-electron chi connectivity index (χ1n) is 8.55. The molecule has 1 aliphatic rings. The lowest BCUT2D eigenvalue weighted by atomic mass is 10.0. The van der Waals surface area contributed by atoms with E-state index in [-0.39, 0.29) is 29.0 Å². The third-order valence-corrected chi connectivity index (χ3v) is 6.77.